The molecule has 0 amide bonds. The summed E-state index contributed by atoms with van der Waals surface area (Å²) in [5.41, 5.74) is 1.03. The average molecular weight is 261 g/mol. The van der Waals surface area contributed by atoms with E-state index in [4.69, 9.17) is 4.74 Å². The molecule has 6 heteroatoms. The van der Waals surface area contributed by atoms with Gasteiger partial charge in [0.2, 0.25) is 5.78 Å². The number of imidazole rings is 1. The van der Waals surface area contributed by atoms with E-state index < -0.39 is 0 Å². The number of fused-ring (bicyclic) bond motifs is 1. The first-order chi connectivity index (χ1) is 9.31. The van der Waals surface area contributed by atoms with Crippen LogP contribution in [0.3, 0.4) is 0 Å². The van der Waals surface area contributed by atoms with Crippen LogP contribution in [0.4, 0.5) is 0 Å². The molecule has 1 aliphatic rings. The van der Waals surface area contributed by atoms with E-state index in [0.717, 1.165) is 44.3 Å². The molecule has 2 aromatic rings. The molecular weight excluding hydrogens is 242 g/mol. The van der Waals surface area contributed by atoms with Crippen molar-refractivity contribution in [1.82, 2.24) is 24.6 Å². The number of hydrogen-bond acceptors (Lipinski definition) is 5. The lowest BCUT2D eigenvalue weighted by atomic mass is 10.3. The Labute approximate surface area is 112 Å². The van der Waals surface area contributed by atoms with E-state index in [1.165, 1.54) is 0 Å². The molecule has 0 aliphatic carbocycles. The minimum atomic E-state index is 0.272. The number of rotatable bonds is 4. The van der Waals surface area contributed by atoms with Crippen molar-refractivity contribution in [2.45, 2.75) is 12.6 Å². The molecule has 19 heavy (non-hydrogen) atoms. The number of likely N-dealkylation sites (N-methyl/N-ethyl adjacent to an activating group) is 1. The third kappa shape index (κ3) is 3.09. The minimum Gasteiger partial charge on any atom is -0.374 e. The third-order valence-electron chi connectivity index (χ3n) is 3.24. The molecule has 0 radical (unpaired) electrons. The van der Waals surface area contributed by atoms with Crippen molar-refractivity contribution < 1.29 is 4.74 Å². The summed E-state index contributed by atoms with van der Waals surface area (Å²) in [4.78, 5) is 11.0. The topological polar surface area (TPSA) is 54.7 Å². The van der Waals surface area contributed by atoms with Gasteiger partial charge in [0.1, 0.15) is 0 Å². The fourth-order valence-corrected chi connectivity index (χ4v) is 2.38. The molecule has 1 N–H and O–H groups in total. The van der Waals surface area contributed by atoms with E-state index in [2.05, 4.69) is 27.2 Å². The zero-order valence-electron chi connectivity index (χ0n) is 11.1. The number of morpholine rings is 1. The van der Waals surface area contributed by atoms with E-state index in [1.807, 2.05) is 22.9 Å². The first kappa shape index (κ1) is 12.5. The predicted molar refractivity (Wildman–Crippen MR) is 71.9 cm³/mol. The first-order valence-corrected chi connectivity index (χ1v) is 6.61. The monoisotopic (exact) mass is 261 g/mol. The molecule has 1 unspecified atom stereocenters. The van der Waals surface area contributed by atoms with Gasteiger partial charge in [-0.25, -0.2) is 9.97 Å². The zero-order chi connectivity index (χ0) is 13.1. The van der Waals surface area contributed by atoms with E-state index in [0.29, 0.717) is 0 Å². The van der Waals surface area contributed by atoms with Crippen LogP contribution in [-0.2, 0) is 11.3 Å². The summed E-state index contributed by atoms with van der Waals surface area (Å²) in [6.45, 7) is 4.41. The van der Waals surface area contributed by atoms with Gasteiger partial charge >= 0.3 is 0 Å². The first-order valence-electron chi connectivity index (χ1n) is 6.61. The molecule has 102 valence electrons. The van der Waals surface area contributed by atoms with Crippen LogP contribution in [0, 0.1) is 0 Å². The Morgan fingerprint density at radius 3 is 3.32 bits per heavy atom. The van der Waals surface area contributed by atoms with Crippen LogP contribution < -0.4 is 5.32 Å². The maximum Gasteiger partial charge on any atom is 0.233 e. The van der Waals surface area contributed by atoms with Gasteiger partial charge in [-0.1, -0.05) is 0 Å². The summed E-state index contributed by atoms with van der Waals surface area (Å²) in [6.07, 6.45) is 6.03. The lowest BCUT2D eigenvalue weighted by Crippen LogP contribution is -2.44. The zero-order valence-corrected chi connectivity index (χ0v) is 11.1. The Kier molecular flexibility index (Phi) is 3.72. The van der Waals surface area contributed by atoms with Crippen molar-refractivity contribution in [1.29, 1.82) is 0 Å². The second-order valence-corrected chi connectivity index (χ2v) is 4.95. The minimum absolute atomic E-state index is 0.272. The molecule has 2 aromatic heterocycles. The van der Waals surface area contributed by atoms with Crippen molar-refractivity contribution >= 4 is 5.78 Å². The molecule has 0 saturated carbocycles. The number of nitrogens with zero attached hydrogens (tertiary/aromatic N) is 4. The highest BCUT2D eigenvalue weighted by Gasteiger charge is 2.16. The van der Waals surface area contributed by atoms with Crippen LogP contribution >= 0.6 is 0 Å². The predicted octanol–water partition coefficient (Wildman–Crippen LogP) is 0.150. The standard InChI is InChI=1S/C13H19N5O/c1-17(10-12-7-14-4-6-19-12)8-11-9-18-5-2-3-15-13(18)16-11/h2-3,5,9,12,14H,4,6-8,10H2,1H3. The van der Waals surface area contributed by atoms with Gasteiger partial charge in [-0.05, 0) is 13.1 Å². The fourth-order valence-electron chi connectivity index (χ4n) is 2.38. The van der Waals surface area contributed by atoms with Gasteiger partial charge in [0, 0.05) is 44.8 Å². The second kappa shape index (κ2) is 5.64. The molecule has 0 spiro atoms. The normalized spacial score (nSPS) is 20.2. The highest BCUT2D eigenvalue weighted by molar-refractivity contribution is 5.29. The third-order valence-corrected chi connectivity index (χ3v) is 3.24. The summed E-state index contributed by atoms with van der Waals surface area (Å²) < 4.78 is 7.65. The van der Waals surface area contributed by atoms with Crippen LogP contribution in [0.15, 0.2) is 24.7 Å². The van der Waals surface area contributed by atoms with Gasteiger partial charge in [-0.2, -0.15) is 0 Å². The van der Waals surface area contributed by atoms with Crippen LogP contribution in [0.2, 0.25) is 0 Å². The highest BCUT2D eigenvalue weighted by Crippen LogP contribution is 2.06. The maximum atomic E-state index is 5.70. The van der Waals surface area contributed by atoms with Crippen LogP contribution in [0.25, 0.3) is 5.78 Å². The van der Waals surface area contributed by atoms with Crippen LogP contribution in [-0.4, -0.2) is 58.7 Å². The summed E-state index contributed by atoms with van der Waals surface area (Å²) in [6, 6.07) is 1.91. The highest BCUT2D eigenvalue weighted by atomic mass is 16.5. The molecule has 1 fully saturated rings. The van der Waals surface area contributed by atoms with Gasteiger partial charge in [0.15, 0.2) is 0 Å². The summed E-state index contributed by atoms with van der Waals surface area (Å²) in [5.74, 6) is 0.751. The molecule has 0 bridgehead atoms. The summed E-state index contributed by atoms with van der Waals surface area (Å²) >= 11 is 0. The molecular formula is C13H19N5O. The fraction of sp³-hybridized carbons (Fsp3) is 0.538. The lowest BCUT2D eigenvalue weighted by Gasteiger charge is -2.27. The largest absolute Gasteiger partial charge is 0.374 e. The van der Waals surface area contributed by atoms with E-state index in [9.17, 15) is 0 Å². The molecule has 1 atom stereocenters. The maximum absolute atomic E-state index is 5.70. The second-order valence-electron chi connectivity index (χ2n) is 4.95. The van der Waals surface area contributed by atoms with E-state index >= 15 is 0 Å². The van der Waals surface area contributed by atoms with Gasteiger partial charge in [0.05, 0.1) is 18.4 Å². The average Bonchev–Trinajstić information content (AvgIpc) is 2.81. The Bertz CT molecular complexity index is 502. The lowest BCUT2D eigenvalue weighted by molar-refractivity contribution is 0.00870. The number of nitrogens with one attached hydrogen (secondary N) is 1. The van der Waals surface area contributed by atoms with Gasteiger partial charge in [0.25, 0.3) is 0 Å². The Balaban J connectivity index is 1.60. The number of ether oxygens (including phenoxy) is 1. The molecule has 1 aliphatic heterocycles. The van der Waals surface area contributed by atoms with Gasteiger partial charge < -0.3 is 10.1 Å². The number of hydrogen-bond donors (Lipinski definition) is 1. The summed E-state index contributed by atoms with van der Waals surface area (Å²) in [7, 11) is 2.09. The molecule has 3 rings (SSSR count). The molecule has 3 heterocycles. The van der Waals surface area contributed by atoms with Crippen molar-refractivity contribution in [3.8, 4) is 0 Å². The van der Waals surface area contributed by atoms with Crippen molar-refractivity contribution in [3.05, 3.63) is 30.4 Å². The van der Waals surface area contributed by atoms with Crippen molar-refractivity contribution in [3.63, 3.8) is 0 Å². The van der Waals surface area contributed by atoms with Crippen molar-refractivity contribution in [2.24, 2.45) is 0 Å². The Hall–Kier alpha value is -1.50. The van der Waals surface area contributed by atoms with Gasteiger partial charge in [-0.15, -0.1) is 0 Å². The molecule has 0 aromatic carbocycles. The smallest absolute Gasteiger partial charge is 0.233 e. The Morgan fingerprint density at radius 2 is 2.53 bits per heavy atom. The molecule has 1 saturated heterocycles. The van der Waals surface area contributed by atoms with Crippen LogP contribution in [0.5, 0.6) is 0 Å². The van der Waals surface area contributed by atoms with Gasteiger partial charge in [-0.3, -0.25) is 9.30 Å². The quantitative estimate of drug-likeness (QED) is 0.849. The van der Waals surface area contributed by atoms with E-state index in [1.54, 1.807) is 6.20 Å². The summed E-state index contributed by atoms with van der Waals surface area (Å²) in [5, 5.41) is 3.34. The van der Waals surface area contributed by atoms with Crippen molar-refractivity contribution in [2.75, 3.05) is 33.3 Å². The SMILES string of the molecule is CN(Cc1cn2cccnc2n1)CC1CNCCO1. The Morgan fingerprint density at radius 1 is 1.58 bits per heavy atom. The van der Waals surface area contributed by atoms with Crippen LogP contribution in [0.1, 0.15) is 5.69 Å². The van der Waals surface area contributed by atoms with E-state index in [-0.39, 0.29) is 6.10 Å². The number of aromatic nitrogens is 3. The molecule has 6 nitrogen and oxygen atoms in total.